The Bertz CT molecular complexity index is 377. The highest BCUT2D eigenvalue weighted by Gasteiger charge is 2.30. The number of hydrogen-bond donors (Lipinski definition) is 1. The summed E-state index contributed by atoms with van der Waals surface area (Å²) in [6.45, 7) is 0.725. The van der Waals surface area contributed by atoms with Crippen LogP contribution < -0.4 is 5.73 Å². The van der Waals surface area contributed by atoms with Crippen molar-refractivity contribution in [1.29, 1.82) is 0 Å². The quantitative estimate of drug-likeness (QED) is 0.790. The van der Waals surface area contributed by atoms with Crippen LogP contribution in [0.1, 0.15) is 55.4 Å². The molecule has 0 radical (unpaired) electrons. The fourth-order valence-corrected chi connectivity index (χ4v) is 2.86. The van der Waals surface area contributed by atoms with E-state index < -0.39 is 0 Å². The van der Waals surface area contributed by atoms with E-state index in [-0.39, 0.29) is 0 Å². The summed E-state index contributed by atoms with van der Waals surface area (Å²) in [4.78, 5) is 4.84. The van der Waals surface area contributed by atoms with E-state index in [1.54, 1.807) is 5.69 Å². The average Bonchev–Trinajstić information content (AvgIpc) is 3.07. The van der Waals surface area contributed by atoms with E-state index in [9.17, 15) is 0 Å². The van der Waals surface area contributed by atoms with Gasteiger partial charge in [0, 0.05) is 18.2 Å². The van der Waals surface area contributed by atoms with Gasteiger partial charge >= 0.3 is 0 Å². The second-order valence-corrected chi connectivity index (χ2v) is 5.12. The predicted octanol–water partition coefficient (Wildman–Crippen LogP) is 1.99. The lowest BCUT2D eigenvalue weighted by Crippen LogP contribution is -2.11. The fraction of sp³-hybridized carbons (Fsp3) is 0.769. The van der Waals surface area contributed by atoms with Gasteiger partial charge in [0.25, 0.3) is 0 Å². The van der Waals surface area contributed by atoms with Gasteiger partial charge in [-0.3, -0.25) is 0 Å². The molecule has 3 heteroatoms. The molecule has 16 heavy (non-hydrogen) atoms. The maximum atomic E-state index is 5.69. The predicted molar refractivity (Wildman–Crippen MR) is 64.5 cm³/mol. The van der Waals surface area contributed by atoms with Gasteiger partial charge in [-0.1, -0.05) is 6.42 Å². The van der Waals surface area contributed by atoms with Crippen molar-refractivity contribution in [1.82, 2.24) is 9.55 Å². The molecule has 0 unspecified atom stereocenters. The molecule has 2 aliphatic carbocycles. The van der Waals surface area contributed by atoms with Crippen LogP contribution >= 0.6 is 0 Å². The number of fused-ring (bicyclic) bond motifs is 1. The Morgan fingerprint density at radius 3 is 2.75 bits per heavy atom. The Balaban J connectivity index is 1.99. The molecule has 0 bridgehead atoms. The summed E-state index contributed by atoms with van der Waals surface area (Å²) in [5.41, 5.74) is 8.61. The normalized spacial score (nSPS) is 20.6. The van der Waals surface area contributed by atoms with Crippen molar-refractivity contribution in [3.8, 4) is 0 Å². The summed E-state index contributed by atoms with van der Waals surface area (Å²) in [5, 5.41) is 0. The van der Waals surface area contributed by atoms with Gasteiger partial charge in [0.1, 0.15) is 5.82 Å². The molecule has 0 spiro atoms. The van der Waals surface area contributed by atoms with Gasteiger partial charge in [-0.05, 0) is 45.1 Å². The van der Waals surface area contributed by atoms with Crippen LogP contribution in [-0.2, 0) is 19.3 Å². The first kappa shape index (κ1) is 10.3. The van der Waals surface area contributed by atoms with Crippen molar-refractivity contribution in [3.63, 3.8) is 0 Å². The number of nitrogens with zero attached hydrogens (tertiary/aromatic N) is 2. The zero-order chi connectivity index (χ0) is 11.0. The van der Waals surface area contributed by atoms with E-state index >= 15 is 0 Å². The average molecular weight is 219 g/mol. The first-order valence-electron chi connectivity index (χ1n) is 6.69. The Labute approximate surface area is 97.0 Å². The fourth-order valence-electron chi connectivity index (χ4n) is 2.86. The van der Waals surface area contributed by atoms with Crippen LogP contribution in [0.15, 0.2) is 0 Å². The molecule has 0 aliphatic heterocycles. The van der Waals surface area contributed by atoms with Crippen molar-refractivity contribution < 1.29 is 0 Å². The Hall–Kier alpha value is -0.830. The summed E-state index contributed by atoms with van der Waals surface area (Å²) < 4.78 is 2.54. The van der Waals surface area contributed by atoms with Crippen LogP contribution in [-0.4, -0.2) is 16.1 Å². The molecule has 1 aromatic rings. The van der Waals surface area contributed by atoms with Gasteiger partial charge in [-0.2, -0.15) is 0 Å². The molecule has 0 aromatic carbocycles. The van der Waals surface area contributed by atoms with Gasteiger partial charge < -0.3 is 10.3 Å². The van der Waals surface area contributed by atoms with E-state index in [1.165, 1.54) is 56.5 Å². The highest BCUT2D eigenvalue weighted by atomic mass is 15.1. The van der Waals surface area contributed by atoms with Crippen molar-refractivity contribution in [2.45, 2.75) is 57.4 Å². The minimum Gasteiger partial charge on any atom is -0.330 e. The minimum absolute atomic E-state index is 0.725. The third-order valence-electron chi connectivity index (χ3n) is 3.77. The number of nitrogens with two attached hydrogens (primary N) is 1. The lowest BCUT2D eigenvalue weighted by molar-refractivity contribution is 0.623. The Kier molecular flexibility index (Phi) is 2.72. The molecular formula is C13H21N3. The van der Waals surface area contributed by atoms with Crippen LogP contribution in [0.25, 0.3) is 0 Å². The molecule has 1 heterocycles. The van der Waals surface area contributed by atoms with Crippen molar-refractivity contribution in [2.24, 2.45) is 5.73 Å². The van der Waals surface area contributed by atoms with E-state index in [0.29, 0.717) is 0 Å². The number of imidazole rings is 1. The maximum absolute atomic E-state index is 5.69. The number of rotatable bonds is 3. The monoisotopic (exact) mass is 219 g/mol. The van der Waals surface area contributed by atoms with Crippen molar-refractivity contribution in [2.75, 3.05) is 6.54 Å². The first-order chi connectivity index (χ1) is 7.90. The minimum atomic E-state index is 0.725. The molecule has 88 valence electrons. The van der Waals surface area contributed by atoms with E-state index in [1.807, 2.05) is 0 Å². The van der Waals surface area contributed by atoms with Crippen LogP contribution in [0.3, 0.4) is 0 Å². The number of hydrogen-bond acceptors (Lipinski definition) is 2. The molecular weight excluding hydrogens is 198 g/mol. The molecule has 0 atom stereocenters. The third kappa shape index (κ3) is 1.77. The SMILES string of the molecule is NCCc1nc2c(n1C1CC1)CCCCC2. The van der Waals surface area contributed by atoms with Crippen LogP contribution in [0.5, 0.6) is 0 Å². The van der Waals surface area contributed by atoms with E-state index in [0.717, 1.165) is 19.0 Å². The summed E-state index contributed by atoms with van der Waals surface area (Å²) in [5.74, 6) is 1.26. The molecule has 0 saturated heterocycles. The maximum Gasteiger partial charge on any atom is 0.110 e. The van der Waals surface area contributed by atoms with E-state index in [2.05, 4.69) is 4.57 Å². The van der Waals surface area contributed by atoms with Gasteiger partial charge in [-0.15, -0.1) is 0 Å². The smallest absolute Gasteiger partial charge is 0.110 e. The second kappa shape index (κ2) is 4.21. The summed E-state index contributed by atoms with van der Waals surface area (Å²) in [7, 11) is 0. The Morgan fingerprint density at radius 2 is 2.00 bits per heavy atom. The lowest BCUT2D eigenvalue weighted by Gasteiger charge is -2.10. The van der Waals surface area contributed by atoms with Crippen LogP contribution in [0.2, 0.25) is 0 Å². The zero-order valence-electron chi connectivity index (χ0n) is 9.91. The first-order valence-corrected chi connectivity index (χ1v) is 6.69. The van der Waals surface area contributed by atoms with Crippen molar-refractivity contribution >= 4 is 0 Å². The lowest BCUT2D eigenvalue weighted by atomic mass is 10.2. The molecule has 1 aromatic heterocycles. The molecule has 2 aliphatic rings. The van der Waals surface area contributed by atoms with Crippen LogP contribution in [0, 0.1) is 0 Å². The number of aromatic nitrogens is 2. The molecule has 2 N–H and O–H groups in total. The van der Waals surface area contributed by atoms with Crippen molar-refractivity contribution in [3.05, 3.63) is 17.2 Å². The largest absolute Gasteiger partial charge is 0.330 e. The second-order valence-electron chi connectivity index (χ2n) is 5.12. The zero-order valence-corrected chi connectivity index (χ0v) is 9.91. The van der Waals surface area contributed by atoms with Crippen LogP contribution in [0.4, 0.5) is 0 Å². The summed E-state index contributed by atoms with van der Waals surface area (Å²) in [6.07, 6.45) is 10.1. The summed E-state index contributed by atoms with van der Waals surface area (Å²) in [6, 6.07) is 0.760. The highest BCUT2D eigenvalue weighted by Crippen LogP contribution is 2.39. The Morgan fingerprint density at radius 1 is 1.19 bits per heavy atom. The highest BCUT2D eigenvalue weighted by molar-refractivity contribution is 5.22. The van der Waals surface area contributed by atoms with Gasteiger partial charge in [0.15, 0.2) is 0 Å². The third-order valence-corrected chi connectivity index (χ3v) is 3.77. The topological polar surface area (TPSA) is 43.8 Å². The molecule has 1 fully saturated rings. The number of aryl methyl sites for hydroxylation is 1. The molecule has 3 nitrogen and oxygen atoms in total. The molecule has 0 amide bonds. The standard InChI is InChI=1S/C13H21N3/c14-9-8-13-15-11-4-2-1-3-5-12(11)16(13)10-6-7-10/h10H,1-9,14H2. The molecule has 1 saturated carbocycles. The van der Waals surface area contributed by atoms with Gasteiger partial charge in [0.2, 0.25) is 0 Å². The molecule has 3 rings (SSSR count). The van der Waals surface area contributed by atoms with Gasteiger partial charge in [-0.25, -0.2) is 4.98 Å². The summed E-state index contributed by atoms with van der Waals surface area (Å²) >= 11 is 0. The van der Waals surface area contributed by atoms with E-state index in [4.69, 9.17) is 10.7 Å². The van der Waals surface area contributed by atoms with Gasteiger partial charge in [0.05, 0.1) is 5.69 Å².